The molecule has 0 heterocycles. The average molecular weight is 211 g/mol. The molecule has 1 aliphatic rings. The quantitative estimate of drug-likeness (QED) is 0.419. The van der Waals surface area contributed by atoms with Crippen LogP contribution in [0.1, 0.15) is 6.42 Å². The zero-order chi connectivity index (χ0) is 11.4. The van der Waals surface area contributed by atoms with Gasteiger partial charge in [-0.3, -0.25) is 10.1 Å². The van der Waals surface area contributed by atoms with Crippen LogP contribution in [0.3, 0.4) is 0 Å². The van der Waals surface area contributed by atoms with Crippen LogP contribution >= 0.6 is 0 Å². The molecule has 1 aliphatic carbocycles. The molecular weight excluding hydrogens is 202 g/mol. The third-order valence-corrected chi connectivity index (χ3v) is 1.82. The highest BCUT2D eigenvalue weighted by Gasteiger charge is 2.20. The van der Waals surface area contributed by atoms with Crippen LogP contribution in [0, 0.1) is 10.1 Å². The van der Waals surface area contributed by atoms with Gasteiger partial charge in [-0.2, -0.15) is 0 Å². The number of esters is 1. The molecule has 6 nitrogen and oxygen atoms in total. The van der Waals surface area contributed by atoms with Crippen molar-refractivity contribution in [3.05, 3.63) is 45.4 Å². The van der Waals surface area contributed by atoms with E-state index in [2.05, 4.69) is 4.74 Å². The first-order valence-electron chi connectivity index (χ1n) is 4.10. The number of ether oxygens (including phenoxy) is 1. The van der Waals surface area contributed by atoms with Crippen LogP contribution in [0.4, 0.5) is 0 Å². The summed E-state index contributed by atoms with van der Waals surface area (Å²) >= 11 is 0. The molecule has 0 aromatic rings. The molecule has 1 rings (SSSR count). The van der Waals surface area contributed by atoms with Gasteiger partial charge in [0.2, 0.25) is 0 Å². The maximum Gasteiger partial charge on any atom is 0.337 e. The first-order valence-corrected chi connectivity index (χ1v) is 4.10. The number of nitrogens with zero attached hydrogens (tertiary/aromatic N) is 1. The molecule has 0 saturated heterocycles. The number of nitro groups is 1. The van der Waals surface area contributed by atoms with Gasteiger partial charge in [-0.25, -0.2) is 4.79 Å². The van der Waals surface area contributed by atoms with Crippen LogP contribution in [0.15, 0.2) is 35.3 Å². The van der Waals surface area contributed by atoms with Gasteiger partial charge in [-0.05, 0) is 6.42 Å². The van der Waals surface area contributed by atoms with Crippen molar-refractivity contribution in [1.82, 2.24) is 0 Å². The van der Waals surface area contributed by atoms with E-state index < -0.39 is 22.3 Å². The molecule has 6 heteroatoms. The lowest BCUT2D eigenvalue weighted by atomic mass is 10.2. The second-order valence-corrected chi connectivity index (χ2v) is 2.76. The van der Waals surface area contributed by atoms with Gasteiger partial charge in [0, 0.05) is 12.2 Å². The van der Waals surface area contributed by atoms with Crippen molar-refractivity contribution in [1.29, 1.82) is 0 Å². The van der Waals surface area contributed by atoms with Gasteiger partial charge < -0.3 is 9.84 Å². The predicted octanol–water partition coefficient (Wildman–Crippen LogP) is 1.09. The van der Waals surface area contributed by atoms with Crippen molar-refractivity contribution in [2.75, 3.05) is 7.11 Å². The largest absolute Gasteiger partial charge is 0.502 e. The Balaban J connectivity index is 3.01. The van der Waals surface area contributed by atoms with Crippen LogP contribution in [0.2, 0.25) is 0 Å². The molecule has 0 fully saturated rings. The number of hydrogen-bond donors (Lipinski definition) is 1. The topological polar surface area (TPSA) is 89.7 Å². The summed E-state index contributed by atoms with van der Waals surface area (Å²) in [6.45, 7) is 0. The standard InChI is InChI=1S/C9H9NO5/c1-15-9(12)6-3-2-4-7(10(13)14)8(11)5-6/h3-5,11H,2H2,1H3. The summed E-state index contributed by atoms with van der Waals surface area (Å²) < 4.78 is 4.43. The lowest BCUT2D eigenvalue weighted by Gasteiger charge is -1.98. The Morgan fingerprint density at radius 2 is 2.27 bits per heavy atom. The van der Waals surface area contributed by atoms with E-state index in [1.165, 1.54) is 19.3 Å². The van der Waals surface area contributed by atoms with Gasteiger partial charge in [0.25, 0.3) is 0 Å². The number of rotatable bonds is 2. The monoisotopic (exact) mass is 211 g/mol. The summed E-state index contributed by atoms with van der Waals surface area (Å²) in [4.78, 5) is 20.9. The minimum atomic E-state index is -0.708. The summed E-state index contributed by atoms with van der Waals surface area (Å²) in [6, 6.07) is 0. The van der Waals surface area contributed by atoms with Gasteiger partial charge in [-0.1, -0.05) is 6.08 Å². The van der Waals surface area contributed by atoms with E-state index in [4.69, 9.17) is 0 Å². The van der Waals surface area contributed by atoms with Crippen LogP contribution in [-0.2, 0) is 9.53 Å². The van der Waals surface area contributed by atoms with Gasteiger partial charge in [0.05, 0.1) is 17.6 Å². The fourth-order valence-corrected chi connectivity index (χ4v) is 1.11. The highest BCUT2D eigenvalue weighted by molar-refractivity contribution is 5.91. The molecule has 1 N–H and O–H groups in total. The van der Waals surface area contributed by atoms with E-state index in [9.17, 15) is 20.0 Å². The van der Waals surface area contributed by atoms with E-state index >= 15 is 0 Å². The number of methoxy groups -OCH3 is 1. The van der Waals surface area contributed by atoms with E-state index in [-0.39, 0.29) is 12.0 Å². The number of carbonyl (C=O) groups is 1. The number of hydrogen-bond acceptors (Lipinski definition) is 5. The third kappa shape index (κ3) is 2.43. The molecule has 0 bridgehead atoms. The Bertz CT molecular complexity index is 391. The maximum absolute atomic E-state index is 11.1. The molecule has 0 aromatic heterocycles. The molecule has 0 saturated carbocycles. The van der Waals surface area contributed by atoms with E-state index in [0.29, 0.717) is 0 Å². The van der Waals surface area contributed by atoms with E-state index in [1.54, 1.807) is 0 Å². The first kappa shape index (κ1) is 11.0. The third-order valence-electron chi connectivity index (χ3n) is 1.82. The first-order chi connectivity index (χ1) is 7.06. The minimum absolute atomic E-state index is 0.100. The molecule has 0 radical (unpaired) electrons. The van der Waals surface area contributed by atoms with Crippen molar-refractivity contribution in [3.8, 4) is 0 Å². The van der Waals surface area contributed by atoms with Gasteiger partial charge >= 0.3 is 11.7 Å². The lowest BCUT2D eigenvalue weighted by molar-refractivity contribution is -0.424. The fraction of sp³-hybridized carbons (Fsp3) is 0.222. The van der Waals surface area contributed by atoms with Crippen LogP contribution in [0.25, 0.3) is 0 Å². The summed E-state index contributed by atoms with van der Waals surface area (Å²) in [5.74, 6) is -1.19. The van der Waals surface area contributed by atoms with Crippen molar-refractivity contribution in [2.45, 2.75) is 6.42 Å². The molecule has 80 valence electrons. The van der Waals surface area contributed by atoms with Gasteiger partial charge in [0.1, 0.15) is 0 Å². The Kier molecular flexibility index (Phi) is 3.22. The van der Waals surface area contributed by atoms with Crippen molar-refractivity contribution >= 4 is 5.97 Å². The van der Waals surface area contributed by atoms with Crippen molar-refractivity contribution in [3.63, 3.8) is 0 Å². The normalized spacial score (nSPS) is 15.7. The second-order valence-electron chi connectivity index (χ2n) is 2.76. The molecule has 0 atom stereocenters. The molecule has 0 amide bonds. The molecule has 0 unspecified atom stereocenters. The zero-order valence-electron chi connectivity index (χ0n) is 7.97. The zero-order valence-corrected chi connectivity index (χ0v) is 7.97. The average Bonchev–Trinajstić information content (AvgIpc) is 2.38. The number of aliphatic hydroxyl groups is 1. The lowest BCUT2D eigenvalue weighted by Crippen LogP contribution is -2.05. The Morgan fingerprint density at radius 3 is 2.80 bits per heavy atom. The van der Waals surface area contributed by atoms with Crippen molar-refractivity contribution in [2.24, 2.45) is 0 Å². The molecule has 0 aromatic carbocycles. The highest BCUT2D eigenvalue weighted by Crippen LogP contribution is 2.17. The van der Waals surface area contributed by atoms with Gasteiger partial charge in [-0.15, -0.1) is 0 Å². The maximum atomic E-state index is 11.1. The summed E-state index contributed by atoms with van der Waals surface area (Å²) in [7, 11) is 1.20. The molecule has 0 spiro atoms. The SMILES string of the molecule is COC(=O)C1=CCC=C([N+](=O)[O-])C(O)=C1. The highest BCUT2D eigenvalue weighted by atomic mass is 16.6. The Morgan fingerprint density at radius 1 is 1.60 bits per heavy atom. The Hall–Kier alpha value is -2.11. The summed E-state index contributed by atoms with van der Waals surface area (Å²) in [5.41, 5.74) is -0.312. The summed E-state index contributed by atoms with van der Waals surface area (Å²) in [6.07, 6.45) is 3.88. The van der Waals surface area contributed by atoms with Gasteiger partial charge in [0.15, 0.2) is 5.76 Å². The molecule has 15 heavy (non-hydrogen) atoms. The molecule has 0 aliphatic heterocycles. The molecular formula is C9H9NO5. The minimum Gasteiger partial charge on any atom is -0.502 e. The van der Waals surface area contributed by atoms with Crippen LogP contribution in [-0.4, -0.2) is 23.1 Å². The summed E-state index contributed by atoms with van der Waals surface area (Å²) in [5, 5.41) is 19.8. The number of aliphatic hydroxyl groups excluding tert-OH is 1. The fourth-order valence-electron chi connectivity index (χ4n) is 1.11. The second kappa shape index (κ2) is 4.41. The van der Waals surface area contributed by atoms with E-state index in [1.807, 2.05) is 0 Å². The predicted molar refractivity (Wildman–Crippen MR) is 50.5 cm³/mol. The Labute approximate surface area is 85.3 Å². The van der Waals surface area contributed by atoms with E-state index in [0.717, 1.165) is 6.08 Å². The smallest absolute Gasteiger partial charge is 0.337 e. The number of allylic oxidation sites excluding steroid dienone is 2. The number of carbonyl (C=O) groups excluding carboxylic acids is 1. The van der Waals surface area contributed by atoms with Crippen molar-refractivity contribution < 1.29 is 19.6 Å². The van der Waals surface area contributed by atoms with Crippen LogP contribution in [0.5, 0.6) is 0 Å². The van der Waals surface area contributed by atoms with Crippen LogP contribution < -0.4 is 0 Å².